The summed E-state index contributed by atoms with van der Waals surface area (Å²) in [4.78, 5) is 14.4. The fraction of sp³-hybridized carbons (Fsp3) is 0. The van der Waals surface area contributed by atoms with Gasteiger partial charge in [0.25, 0.3) is 0 Å². The lowest BCUT2D eigenvalue weighted by Crippen LogP contribution is -1.82. The van der Waals surface area contributed by atoms with E-state index in [1.165, 1.54) is 9.75 Å². The number of rotatable bonds is 3. The summed E-state index contributed by atoms with van der Waals surface area (Å²) in [5, 5.41) is 11.6. The summed E-state index contributed by atoms with van der Waals surface area (Å²) < 4.78 is 0. The zero-order valence-corrected chi connectivity index (χ0v) is 11.5. The highest BCUT2D eigenvalue weighted by Gasteiger charge is 2.08. The molecule has 0 radical (unpaired) electrons. The van der Waals surface area contributed by atoms with Gasteiger partial charge in [0.05, 0.1) is 5.56 Å². The molecule has 0 saturated heterocycles. The van der Waals surface area contributed by atoms with Crippen LogP contribution < -0.4 is 0 Å². The van der Waals surface area contributed by atoms with Crippen LogP contribution in [0.3, 0.4) is 0 Å². The number of carbonyl (C=O) groups excluding carboxylic acids is 1. The summed E-state index contributed by atoms with van der Waals surface area (Å²) in [5.74, 6) is 0.0220. The van der Waals surface area contributed by atoms with E-state index >= 15 is 0 Å². The Balaban J connectivity index is 2.01. The molecule has 2 heterocycles. The van der Waals surface area contributed by atoms with Crippen LogP contribution in [-0.4, -0.2) is 11.4 Å². The van der Waals surface area contributed by atoms with Crippen LogP contribution in [0, 0.1) is 0 Å². The second kappa shape index (κ2) is 4.99. The Labute approximate surface area is 118 Å². The maximum Gasteiger partial charge on any atom is 0.153 e. The maximum absolute atomic E-state index is 10.8. The molecular weight excluding hydrogens is 276 g/mol. The van der Waals surface area contributed by atoms with E-state index in [9.17, 15) is 9.90 Å². The number of thiophene rings is 2. The molecule has 3 aromatic rings. The van der Waals surface area contributed by atoms with Gasteiger partial charge in [-0.3, -0.25) is 4.79 Å². The van der Waals surface area contributed by atoms with Gasteiger partial charge < -0.3 is 5.11 Å². The van der Waals surface area contributed by atoms with Gasteiger partial charge in [0.15, 0.2) is 6.29 Å². The number of hydrogen-bond acceptors (Lipinski definition) is 4. The van der Waals surface area contributed by atoms with Crippen LogP contribution in [0.4, 0.5) is 0 Å². The summed E-state index contributed by atoms with van der Waals surface area (Å²) in [6.45, 7) is 0. The van der Waals surface area contributed by atoms with E-state index in [0.717, 1.165) is 10.4 Å². The molecular formula is C15H10O2S2. The first-order valence-corrected chi connectivity index (χ1v) is 7.40. The third kappa shape index (κ3) is 2.32. The van der Waals surface area contributed by atoms with Gasteiger partial charge in [-0.05, 0) is 47.3 Å². The Bertz CT molecular complexity index is 712. The molecule has 1 aromatic carbocycles. The normalized spacial score (nSPS) is 10.5. The molecule has 0 unspecified atom stereocenters. The zero-order chi connectivity index (χ0) is 13.2. The molecule has 0 bridgehead atoms. The average molecular weight is 286 g/mol. The van der Waals surface area contributed by atoms with Crippen molar-refractivity contribution in [2.75, 3.05) is 0 Å². The van der Waals surface area contributed by atoms with Crippen LogP contribution in [0.1, 0.15) is 10.4 Å². The molecule has 0 spiro atoms. The van der Waals surface area contributed by atoms with Gasteiger partial charge in [-0.2, -0.15) is 0 Å². The fourth-order valence-electron chi connectivity index (χ4n) is 1.85. The molecule has 2 nitrogen and oxygen atoms in total. The number of phenolic OH excluding ortho intramolecular Hbond substituents is 1. The number of carbonyl (C=O) groups is 1. The van der Waals surface area contributed by atoms with Gasteiger partial charge in [-0.15, -0.1) is 22.7 Å². The Hall–Kier alpha value is -1.91. The Morgan fingerprint density at radius 2 is 1.84 bits per heavy atom. The van der Waals surface area contributed by atoms with Crippen molar-refractivity contribution < 1.29 is 9.90 Å². The van der Waals surface area contributed by atoms with E-state index in [0.29, 0.717) is 11.8 Å². The van der Waals surface area contributed by atoms with E-state index in [1.54, 1.807) is 34.8 Å². The molecule has 4 heteroatoms. The standard InChI is InChI=1S/C15H10O2S2/c16-9-11-8-10(3-4-12(11)17)13-5-6-15(19-13)14-2-1-7-18-14/h1-9,17H. The summed E-state index contributed by atoms with van der Waals surface area (Å²) in [7, 11) is 0. The van der Waals surface area contributed by atoms with Gasteiger partial charge in [-0.1, -0.05) is 6.07 Å². The van der Waals surface area contributed by atoms with Gasteiger partial charge >= 0.3 is 0 Å². The topological polar surface area (TPSA) is 37.3 Å². The van der Waals surface area contributed by atoms with Crippen molar-refractivity contribution in [1.29, 1.82) is 0 Å². The predicted octanol–water partition coefficient (Wildman–Crippen LogP) is 4.66. The van der Waals surface area contributed by atoms with Crippen LogP contribution in [0.5, 0.6) is 5.75 Å². The SMILES string of the molecule is O=Cc1cc(-c2ccc(-c3cccs3)s2)ccc1O. The summed E-state index contributed by atoms with van der Waals surface area (Å²) >= 11 is 3.39. The van der Waals surface area contributed by atoms with E-state index in [4.69, 9.17) is 0 Å². The largest absolute Gasteiger partial charge is 0.507 e. The third-order valence-electron chi connectivity index (χ3n) is 2.81. The summed E-state index contributed by atoms with van der Waals surface area (Å²) in [6, 6.07) is 13.3. The molecule has 0 aliphatic heterocycles. The smallest absolute Gasteiger partial charge is 0.153 e. The number of aldehydes is 1. The lowest BCUT2D eigenvalue weighted by molar-refractivity contribution is 0.112. The second-order valence-corrected chi connectivity index (χ2v) is 6.06. The lowest BCUT2D eigenvalue weighted by Gasteiger charge is -2.01. The van der Waals surface area contributed by atoms with Crippen molar-refractivity contribution >= 4 is 29.0 Å². The van der Waals surface area contributed by atoms with Crippen LogP contribution in [-0.2, 0) is 0 Å². The molecule has 0 saturated carbocycles. The van der Waals surface area contributed by atoms with E-state index in [2.05, 4.69) is 17.5 Å². The monoisotopic (exact) mass is 286 g/mol. The highest BCUT2D eigenvalue weighted by molar-refractivity contribution is 7.23. The van der Waals surface area contributed by atoms with Crippen molar-refractivity contribution in [3.8, 4) is 25.9 Å². The molecule has 3 rings (SSSR count). The molecule has 1 N–H and O–H groups in total. The quantitative estimate of drug-likeness (QED) is 0.711. The fourth-order valence-corrected chi connectivity index (χ4v) is 3.68. The highest BCUT2D eigenvalue weighted by Crippen LogP contribution is 2.37. The number of phenols is 1. The third-order valence-corrected chi connectivity index (χ3v) is 5.01. The average Bonchev–Trinajstić information content (AvgIpc) is 3.10. The van der Waals surface area contributed by atoms with Crippen molar-refractivity contribution in [2.24, 2.45) is 0 Å². The molecule has 94 valence electrons. The molecule has 0 atom stereocenters. The molecule has 0 aliphatic rings. The molecule has 0 aliphatic carbocycles. The Morgan fingerprint density at radius 1 is 1.00 bits per heavy atom. The van der Waals surface area contributed by atoms with Gasteiger partial charge in [0, 0.05) is 14.6 Å². The van der Waals surface area contributed by atoms with Crippen molar-refractivity contribution in [1.82, 2.24) is 0 Å². The minimum Gasteiger partial charge on any atom is -0.507 e. The van der Waals surface area contributed by atoms with Gasteiger partial charge in [0.1, 0.15) is 5.75 Å². The van der Waals surface area contributed by atoms with Crippen molar-refractivity contribution in [2.45, 2.75) is 0 Å². The molecule has 2 aromatic heterocycles. The minimum absolute atomic E-state index is 0.0220. The number of aromatic hydroxyl groups is 1. The zero-order valence-electron chi connectivity index (χ0n) is 9.87. The number of hydrogen-bond donors (Lipinski definition) is 1. The maximum atomic E-state index is 10.8. The Morgan fingerprint density at radius 3 is 2.58 bits per heavy atom. The lowest BCUT2D eigenvalue weighted by atomic mass is 10.1. The van der Waals surface area contributed by atoms with Crippen LogP contribution in [0.15, 0.2) is 47.8 Å². The van der Waals surface area contributed by atoms with Crippen LogP contribution >= 0.6 is 22.7 Å². The molecule has 0 amide bonds. The Kier molecular flexibility index (Phi) is 3.19. The first-order chi connectivity index (χ1) is 9.28. The van der Waals surface area contributed by atoms with Crippen molar-refractivity contribution in [3.05, 3.63) is 53.4 Å². The summed E-state index contributed by atoms with van der Waals surface area (Å²) in [5.41, 5.74) is 1.27. The van der Waals surface area contributed by atoms with Gasteiger partial charge in [-0.25, -0.2) is 0 Å². The molecule has 19 heavy (non-hydrogen) atoms. The van der Waals surface area contributed by atoms with E-state index in [-0.39, 0.29) is 5.75 Å². The van der Waals surface area contributed by atoms with Gasteiger partial charge in [0.2, 0.25) is 0 Å². The molecule has 0 fully saturated rings. The van der Waals surface area contributed by atoms with Crippen LogP contribution in [0.25, 0.3) is 20.2 Å². The van der Waals surface area contributed by atoms with Crippen molar-refractivity contribution in [3.63, 3.8) is 0 Å². The first kappa shape index (κ1) is 12.1. The van der Waals surface area contributed by atoms with E-state index in [1.807, 2.05) is 18.2 Å². The summed E-state index contributed by atoms with van der Waals surface area (Å²) in [6.07, 6.45) is 0.673. The minimum atomic E-state index is 0.0220. The highest BCUT2D eigenvalue weighted by atomic mass is 32.1. The number of benzene rings is 1. The predicted molar refractivity (Wildman–Crippen MR) is 80.1 cm³/mol. The first-order valence-electron chi connectivity index (χ1n) is 5.70. The second-order valence-electron chi connectivity index (χ2n) is 4.03. The van der Waals surface area contributed by atoms with Crippen LogP contribution in [0.2, 0.25) is 0 Å². The van der Waals surface area contributed by atoms with E-state index < -0.39 is 0 Å².